The van der Waals surface area contributed by atoms with E-state index < -0.39 is 10.0 Å². The fourth-order valence-electron chi connectivity index (χ4n) is 2.37. The molecule has 0 aromatic carbocycles. The van der Waals surface area contributed by atoms with Gasteiger partial charge in [0, 0.05) is 45.3 Å². The highest BCUT2D eigenvalue weighted by Crippen LogP contribution is 2.12. The Morgan fingerprint density at radius 3 is 2.38 bits per heavy atom. The van der Waals surface area contributed by atoms with E-state index in [-0.39, 0.29) is 0 Å². The molecule has 1 fully saturated rings. The molecule has 0 atom stereocenters. The van der Waals surface area contributed by atoms with Crippen molar-refractivity contribution in [1.29, 1.82) is 0 Å². The van der Waals surface area contributed by atoms with Crippen LogP contribution in [-0.2, 0) is 10.0 Å². The molecule has 0 aromatic heterocycles. The second-order valence-corrected chi connectivity index (χ2v) is 7.55. The van der Waals surface area contributed by atoms with Crippen molar-refractivity contribution in [3.8, 4) is 0 Å². The van der Waals surface area contributed by atoms with Crippen LogP contribution < -0.4 is 15.4 Å². The highest BCUT2D eigenvalue weighted by atomic mass is 32.2. The predicted molar refractivity (Wildman–Crippen MR) is 87.1 cm³/mol. The van der Waals surface area contributed by atoms with Gasteiger partial charge in [-0.15, -0.1) is 0 Å². The van der Waals surface area contributed by atoms with Crippen molar-refractivity contribution in [3.63, 3.8) is 0 Å². The van der Waals surface area contributed by atoms with Crippen molar-refractivity contribution in [3.05, 3.63) is 0 Å². The number of hydrogen-bond donors (Lipinski definition) is 3. The molecule has 0 bridgehead atoms. The number of hydrogen-bond acceptors (Lipinski definition) is 4. The first kappa shape index (κ1) is 18.2. The largest absolute Gasteiger partial charge is 0.355 e. The second-order valence-electron chi connectivity index (χ2n) is 5.71. The average molecular weight is 319 g/mol. The number of piperidine rings is 1. The topological polar surface area (TPSA) is 85.8 Å². The summed E-state index contributed by atoms with van der Waals surface area (Å²) in [5.74, 6) is 0.730. The molecule has 0 aliphatic carbocycles. The summed E-state index contributed by atoms with van der Waals surface area (Å²) in [7, 11) is -1.40. The van der Waals surface area contributed by atoms with E-state index in [1.165, 1.54) is 0 Å². The number of likely N-dealkylation sites (tertiary alicyclic amines) is 1. The molecule has 1 rings (SSSR count). The first-order valence-corrected chi connectivity index (χ1v) is 9.37. The van der Waals surface area contributed by atoms with Crippen molar-refractivity contribution in [2.45, 2.75) is 38.8 Å². The summed E-state index contributed by atoms with van der Waals surface area (Å²) in [5.41, 5.74) is 0. The maximum absolute atomic E-state index is 11.0. The molecule has 3 N–H and O–H groups in total. The van der Waals surface area contributed by atoms with Gasteiger partial charge >= 0.3 is 0 Å². The Morgan fingerprint density at radius 2 is 1.90 bits per heavy atom. The lowest BCUT2D eigenvalue weighted by atomic mass is 10.0. The molecule has 1 heterocycles. The number of nitrogens with zero attached hydrogens (tertiary/aromatic N) is 2. The Kier molecular flexibility index (Phi) is 7.41. The van der Waals surface area contributed by atoms with E-state index in [9.17, 15) is 8.42 Å². The van der Waals surface area contributed by atoms with Crippen molar-refractivity contribution in [2.75, 3.05) is 39.5 Å². The van der Waals surface area contributed by atoms with Gasteiger partial charge in [0.25, 0.3) is 0 Å². The summed E-state index contributed by atoms with van der Waals surface area (Å²) in [6.45, 7) is 7.51. The molecule has 0 radical (unpaired) electrons. The molecule has 1 aliphatic heterocycles. The zero-order chi connectivity index (χ0) is 15.9. The third kappa shape index (κ3) is 7.63. The minimum atomic E-state index is -3.13. The van der Waals surface area contributed by atoms with Gasteiger partial charge in [-0.25, -0.2) is 13.1 Å². The molecule has 1 saturated heterocycles. The zero-order valence-corrected chi connectivity index (χ0v) is 14.3. The summed E-state index contributed by atoms with van der Waals surface area (Å²) < 4.78 is 24.4. The molecule has 0 unspecified atom stereocenters. The maximum atomic E-state index is 11.0. The lowest BCUT2D eigenvalue weighted by Crippen LogP contribution is -2.50. The van der Waals surface area contributed by atoms with Gasteiger partial charge in [-0.2, -0.15) is 0 Å². The number of sulfonamides is 1. The Hall–Kier alpha value is -0.860. The van der Waals surface area contributed by atoms with Crippen molar-refractivity contribution in [1.82, 2.24) is 20.3 Å². The predicted octanol–water partition coefficient (Wildman–Crippen LogP) is -0.427. The number of aliphatic imine (C=N–C) groups is 1. The standard InChI is InChI=1S/C13H29N5O2S/c1-11(2)18-9-5-12(6-10-18)17-13(14-3)15-7-8-16-21(4,19)20/h11-12,16H,5-10H2,1-4H3,(H2,14,15,17). The van der Waals surface area contributed by atoms with Crippen LogP contribution in [0.1, 0.15) is 26.7 Å². The van der Waals surface area contributed by atoms with Crippen LogP contribution in [0.2, 0.25) is 0 Å². The van der Waals surface area contributed by atoms with Crippen LogP contribution in [0.15, 0.2) is 4.99 Å². The number of guanidine groups is 1. The monoisotopic (exact) mass is 319 g/mol. The van der Waals surface area contributed by atoms with Crippen LogP contribution in [0, 0.1) is 0 Å². The molecule has 0 aromatic rings. The molecular formula is C13H29N5O2S. The van der Waals surface area contributed by atoms with E-state index >= 15 is 0 Å². The third-order valence-corrected chi connectivity index (χ3v) is 4.33. The second kappa shape index (κ2) is 8.55. The lowest BCUT2D eigenvalue weighted by Gasteiger charge is -2.35. The van der Waals surface area contributed by atoms with Gasteiger partial charge in [-0.3, -0.25) is 4.99 Å². The van der Waals surface area contributed by atoms with Gasteiger partial charge < -0.3 is 15.5 Å². The fourth-order valence-corrected chi connectivity index (χ4v) is 2.84. The minimum Gasteiger partial charge on any atom is -0.355 e. The molecule has 1 aliphatic rings. The Balaban J connectivity index is 2.26. The van der Waals surface area contributed by atoms with Gasteiger partial charge in [-0.1, -0.05) is 0 Å². The quantitative estimate of drug-likeness (QED) is 0.351. The molecule has 8 heteroatoms. The normalized spacial score (nSPS) is 19.0. The molecule has 21 heavy (non-hydrogen) atoms. The SMILES string of the molecule is CN=C(NCCNS(C)(=O)=O)NC1CCN(C(C)C)CC1. The van der Waals surface area contributed by atoms with Crippen molar-refractivity contribution < 1.29 is 8.42 Å². The minimum absolute atomic E-state index is 0.353. The zero-order valence-electron chi connectivity index (χ0n) is 13.5. The van der Waals surface area contributed by atoms with E-state index in [0.717, 1.165) is 38.1 Å². The maximum Gasteiger partial charge on any atom is 0.208 e. The smallest absolute Gasteiger partial charge is 0.208 e. The van der Waals surface area contributed by atoms with E-state index in [4.69, 9.17) is 0 Å². The molecular weight excluding hydrogens is 290 g/mol. The average Bonchev–Trinajstić information content (AvgIpc) is 2.41. The fraction of sp³-hybridized carbons (Fsp3) is 0.923. The first-order valence-electron chi connectivity index (χ1n) is 7.47. The molecule has 0 saturated carbocycles. The summed E-state index contributed by atoms with van der Waals surface area (Å²) in [4.78, 5) is 6.65. The Labute approximate surface area is 128 Å². The third-order valence-electron chi connectivity index (χ3n) is 3.61. The Morgan fingerprint density at radius 1 is 1.29 bits per heavy atom. The van der Waals surface area contributed by atoms with Crippen LogP contribution in [0.3, 0.4) is 0 Å². The molecule has 0 spiro atoms. The highest BCUT2D eigenvalue weighted by Gasteiger charge is 2.21. The van der Waals surface area contributed by atoms with Crippen molar-refractivity contribution >= 4 is 16.0 Å². The van der Waals surface area contributed by atoms with Crippen molar-refractivity contribution in [2.24, 2.45) is 4.99 Å². The van der Waals surface area contributed by atoms with E-state index in [0.29, 0.717) is 25.2 Å². The summed E-state index contributed by atoms with van der Waals surface area (Å²) >= 11 is 0. The van der Waals surface area contributed by atoms with E-state index in [1.807, 2.05) is 0 Å². The van der Waals surface area contributed by atoms with E-state index in [1.54, 1.807) is 7.05 Å². The van der Waals surface area contributed by atoms with Crippen LogP contribution >= 0.6 is 0 Å². The van der Waals surface area contributed by atoms with Gasteiger partial charge in [-0.05, 0) is 26.7 Å². The summed E-state index contributed by atoms with van der Waals surface area (Å²) in [5, 5.41) is 6.52. The van der Waals surface area contributed by atoms with Crippen LogP contribution in [0.4, 0.5) is 0 Å². The van der Waals surface area contributed by atoms with E-state index in [2.05, 4.69) is 39.1 Å². The van der Waals surface area contributed by atoms with Crippen LogP contribution in [0.5, 0.6) is 0 Å². The summed E-state index contributed by atoms with van der Waals surface area (Å²) in [6, 6.07) is 1.03. The first-order chi connectivity index (χ1) is 9.81. The van der Waals surface area contributed by atoms with Gasteiger partial charge in [0.05, 0.1) is 6.26 Å². The van der Waals surface area contributed by atoms with Crippen LogP contribution in [0.25, 0.3) is 0 Å². The lowest BCUT2D eigenvalue weighted by molar-refractivity contribution is 0.167. The van der Waals surface area contributed by atoms with Gasteiger partial charge in [0.1, 0.15) is 0 Å². The Bertz CT molecular complexity index is 428. The van der Waals surface area contributed by atoms with Crippen LogP contribution in [-0.4, -0.2) is 70.8 Å². The van der Waals surface area contributed by atoms with Gasteiger partial charge in [0.2, 0.25) is 10.0 Å². The molecule has 7 nitrogen and oxygen atoms in total. The molecule has 0 amide bonds. The van der Waals surface area contributed by atoms with Gasteiger partial charge in [0.15, 0.2) is 5.96 Å². The summed E-state index contributed by atoms with van der Waals surface area (Å²) in [6.07, 6.45) is 3.35. The molecule has 124 valence electrons. The number of rotatable bonds is 6. The highest BCUT2D eigenvalue weighted by molar-refractivity contribution is 7.88. The number of nitrogens with one attached hydrogen (secondary N) is 3.